The number of halogens is 3. The number of amides is 1. The monoisotopic (exact) mass is 309 g/mol. The van der Waals surface area contributed by atoms with Crippen LogP contribution in [0.4, 0.5) is 13.2 Å². The summed E-state index contributed by atoms with van der Waals surface area (Å²) in [6.45, 7) is 0.647. The number of aromatic nitrogens is 2. The minimum atomic E-state index is -4.54. The number of fused-ring (bicyclic) bond motifs is 1. The molecular weight excluding hydrogens is 295 g/mol. The summed E-state index contributed by atoms with van der Waals surface area (Å²) in [6, 6.07) is 6.50. The fourth-order valence-corrected chi connectivity index (χ4v) is 2.68. The largest absolute Gasteiger partial charge is 0.417 e. The van der Waals surface area contributed by atoms with Crippen molar-refractivity contribution < 1.29 is 18.0 Å². The van der Waals surface area contributed by atoms with Crippen LogP contribution in [0.2, 0.25) is 0 Å². The summed E-state index contributed by atoms with van der Waals surface area (Å²) in [6.07, 6.45) is -1.65. The zero-order chi connectivity index (χ0) is 15.7. The fourth-order valence-electron chi connectivity index (χ4n) is 2.68. The van der Waals surface area contributed by atoms with Crippen LogP contribution < -0.4 is 5.32 Å². The van der Waals surface area contributed by atoms with E-state index in [1.807, 2.05) is 10.7 Å². The Bertz CT molecular complexity index is 693. The second kappa shape index (κ2) is 5.47. The molecule has 1 aromatic carbocycles. The van der Waals surface area contributed by atoms with Gasteiger partial charge in [-0.3, -0.25) is 9.48 Å². The highest BCUT2D eigenvalue weighted by atomic mass is 19.4. The van der Waals surface area contributed by atoms with E-state index >= 15 is 0 Å². The van der Waals surface area contributed by atoms with Crippen molar-refractivity contribution in [3.8, 4) is 0 Å². The van der Waals surface area contributed by atoms with Crippen molar-refractivity contribution in [1.29, 1.82) is 0 Å². The van der Waals surface area contributed by atoms with Crippen LogP contribution in [0, 0.1) is 0 Å². The first-order valence-corrected chi connectivity index (χ1v) is 6.93. The molecule has 1 aromatic heterocycles. The van der Waals surface area contributed by atoms with Gasteiger partial charge in [0, 0.05) is 30.9 Å². The molecule has 3 rings (SSSR count). The number of alkyl halides is 3. The normalized spacial score (nSPS) is 17.9. The predicted octanol–water partition coefficient (Wildman–Crippen LogP) is 2.65. The van der Waals surface area contributed by atoms with Crippen LogP contribution in [0.25, 0.3) is 0 Å². The predicted molar refractivity (Wildman–Crippen MR) is 73.2 cm³/mol. The standard InChI is InChI=1S/C15H14F3N3O/c16-15(17,18)13-4-2-1-3-12(13)14(22)20-10-6-8-21-11(9-10)5-7-19-21/h1-5,7,10H,6,8-9H2,(H,20,22). The Labute approximate surface area is 124 Å². The van der Waals surface area contributed by atoms with Crippen molar-refractivity contribution in [3.05, 3.63) is 53.3 Å². The zero-order valence-corrected chi connectivity index (χ0v) is 11.6. The molecule has 0 fully saturated rings. The lowest BCUT2D eigenvalue weighted by molar-refractivity contribution is -0.137. The summed E-state index contributed by atoms with van der Waals surface area (Å²) in [5, 5.41) is 6.83. The molecule has 1 amide bonds. The molecule has 1 aliphatic heterocycles. The molecule has 0 saturated heterocycles. The average Bonchev–Trinajstić information content (AvgIpc) is 2.94. The lowest BCUT2D eigenvalue weighted by Gasteiger charge is -2.24. The lowest BCUT2D eigenvalue weighted by Crippen LogP contribution is -2.40. The highest BCUT2D eigenvalue weighted by Gasteiger charge is 2.35. The van der Waals surface area contributed by atoms with E-state index in [9.17, 15) is 18.0 Å². The molecule has 1 N–H and O–H groups in total. The second-order valence-electron chi connectivity index (χ2n) is 5.25. The topological polar surface area (TPSA) is 46.9 Å². The number of aryl methyl sites for hydroxylation is 1. The van der Waals surface area contributed by atoms with E-state index in [1.165, 1.54) is 18.2 Å². The van der Waals surface area contributed by atoms with E-state index in [1.54, 1.807) is 6.20 Å². The van der Waals surface area contributed by atoms with Crippen LogP contribution >= 0.6 is 0 Å². The van der Waals surface area contributed by atoms with Gasteiger partial charge in [0.1, 0.15) is 0 Å². The number of hydrogen-bond donors (Lipinski definition) is 1. The van der Waals surface area contributed by atoms with E-state index in [0.29, 0.717) is 19.4 Å². The van der Waals surface area contributed by atoms with Gasteiger partial charge in [0.25, 0.3) is 5.91 Å². The van der Waals surface area contributed by atoms with Gasteiger partial charge in [-0.05, 0) is 24.6 Å². The van der Waals surface area contributed by atoms with Crippen LogP contribution in [0.15, 0.2) is 36.5 Å². The van der Waals surface area contributed by atoms with Gasteiger partial charge in [-0.15, -0.1) is 0 Å². The number of rotatable bonds is 2. The van der Waals surface area contributed by atoms with Gasteiger partial charge >= 0.3 is 6.18 Å². The van der Waals surface area contributed by atoms with Crippen LogP contribution in [-0.4, -0.2) is 21.7 Å². The van der Waals surface area contributed by atoms with Gasteiger partial charge in [0.15, 0.2) is 0 Å². The summed E-state index contributed by atoms with van der Waals surface area (Å²) in [4.78, 5) is 12.2. The molecule has 0 saturated carbocycles. The van der Waals surface area contributed by atoms with E-state index in [-0.39, 0.29) is 11.6 Å². The van der Waals surface area contributed by atoms with Crippen molar-refractivity contribution in [2.24, 2.45) is 0 Å². The Kier molecular flexibility index (Phi) is 3.64. The molecule has 0 aliphatic carbocycles. The van der Waals surface area contributed by atoms with Crippen LogP contribution in [0.3, 0.4) is 0 Å². The molecule has 0 radical (unpaired) electrons. The maximum absolute atomic E-state index is 13.0. The first-order chi connectivity index (χ1) is 10.4. The summed E-state index contributed by atoms with van der Waals surface area (Å²) < 4.78 is 40.7. The zero-order valence-electron chi connectivity index (χ0n) is 11.6. The molecular formula is C15H14F3N3O. The molecule has 1 unspecified atom stereocenters. The Morgan fingerprint density at radius 1 is 1.27 bits per heavy atom. The Hall–Kier alpha value is -2.31. The molecule has 22 heavy (non-hydrogen) atoms. The molecule has 116 valence electrons. The highest BCUT2D eigenvalue weighted by molar-refractivity contribution is 5.96. The molecule has 1 aliphatic rings. The van der Waals surface area contributed by atoms with Crippen molar-refractivity contribution in [2.45, 2.75) is 31.6 Å². The van der Waals surface area contributed by atoms with Crippen LogP contribution in [0.1, 0.15) is 28.0 Å². The quantitative estimate of drug-likeness (QED) is 0.927. The average molecular weight is 309 g/mol. The van der Waals surface area contributed by atoms with Crippen molar-refractivity contribution in [3.63, 3.8) is 0 Å². The SMILES string of the molecule is O=C(NC1CCn2nccc2C1)c1ccccc1C(F)(F)F. The first-order valence-electron chi connectivity index (χ1n) is 6.93. The number of nitrogens with zero attached hydrogens (tertiary/aromatic N) is 2. The smallest absolute Gasteiger partial charge is 0.349 e. The summed E-state index contributed by atoms with van der Waals surface area (Å²) >= 11 is 0. The van der Waals surface area contributed by atoms with Crippen molar-refractivity contribution >= 4 is 5.91 Å². The molecule has 0 spiro atoms. The Morgan fingerprint density at radius 3 is 2.82 bits per heavy atom. The summed E-state index contributed by atoms with van der Waals surface area (Å²) in [7, 11) is 0. The fraction of sp³-hybridized carbons (Fsp3) is 0.333. The number of nitrogens with one attached hydrogen (secondary N) is 1. The van der Waals surface area contributed by atoms with E-state index < -0.39 is 17.6 Å². The molecule has 7 heteroatoms. The van der Waals surface area contributed by atoms with E-state index in [4.69, 9.17) is 0 Å². The van der Waals surface area contributed by atoms with Gasteiger partial charge in [-0.1, -0.05) is 12.1 Å². The Balaban J connectivity index is 1.76. The van der Waals surface area contributed by atoms with Crippen molar-refractivity contribution in [2.75, 3.05) is 0 Å². The van der Waals surface area contributed by atoms with Gasteiger partial charge in [0.2, 0.25) is 0 Å². The molecule has 0 bridgehead atoms. The minimum absolute atomic E-state index is 0.182. The number of carbonyl (C=O) groups excluding carboxylic acids is 1. The van der Waals surface area contributed by atoms with Crippen LogP contribution in [-0.2, 0) is 19.1 Å². The minimum Gasteiger partial charge on any atom is -0.349 e. The molecule has 1 atom stereocenters. The Morgan fingerprint density at radius 2 is 2.05 bits per heavy atom. The van der Waals surface area contributed by atoms with E-state index in [0.717, 1.165) is 11.8 Å². The number of benzene rings is 1. The van der Waals surface area contributed by atoms with Gasteiger partial charge in [-0.2, -0.15) is 18.3 Å². The third-order valence-corrected chi connectivity index (χ3v) is 3.76. The maximum atomic E-state index is 13.0. The van der Waals surface area contributed by atoms with Crippen molar-refractivity contribution in [1.82, 2.24) is 15.1 Å². The lowest BCUT2D eigenvalue weighted by atomic mass is 10.0. The highest BCUT2D eigenvalue weighted by Crippen LogP contribution is 2.31. The second-order valence-corrected chi connectivity index (χ2v) is 5.25. The summed E-state index contributed by atoms with van der Waals surface area (Å²) in [5.74, 6) is -0.689. The summed E-state index contributed by atoms with van der Waals surface area (Å²) in [5.41, 5.74) is -0.275. The molecule has 4 nitrogen and oxygen atoms in total. The van der Waals surface area contributed by atoms with Gasteiger partial charge < -0.3 is 5.32 Å². The van der Waals surface area contributed by atoms with Gasteiger partial charge in [-0.25, -0.2) is 0 Å². The first kappa shape index (κ1) is 14.6. The number of carbonyl (C=O) groups is 1. The maximum Gasteiger partial charge on any atom is 0.417 e. The van der Waals surface area contributed by atoms with Crippen LogP contribution in [0.5, 0.6) is 0 Å². The third-order valence-electron chi connectivity index (χ3n) is 3.76. The van der Waals surface area contributed by atoms with E-state index in [2.05, 4.69) is 10.4 Å². The molecule has 2 aromatic rings. The molecule has 2 heterocycles. The number of hydrogen-bond acceptors (Lipinski definition) is 2. The van der Waals surface area contributed by atoms with Gasteiger partial charge in [0.05, 0.1) is 11.1 Å². The third kappa shape index (κ3) is 2.84.